The van der Waals surface area contributed by atoms with Crippen LogP contribution in [-0.2, 0) is 0 Å². The number of carbonyl (C=O) groups excluding carboxylic acids is 1. The molecule has 0 aliphatic carbocycles. The highest BCUT2D eigenvalue weighted by molar-refractivity contribution is 7.10. The van der Waals surface area contributed by atoms with Crippen molar-refractivity contribution < 1.29 is 4.79 Å². The van der Waals surface area contributed by atoms with Gasteiger partial charge in [0.05, 0.1) is 11.6 Å². The molecule has 0 fully saturated rings. The maximum absolute atomic E-state index is 11.3. The van der Waals surface area contributed by atoms with E-state index in [1.54, 1.807) is 23.5 Å². The van der Waals surface area contributed by atoms with Crippen LogP contribution in [0.2, 0.25) is 0 Å². The van der Waals surface area contributed by atoms with E-state index in [0.29, 0.717) is 17.2 Å². The third-order valence-electron chi connectivity index (χ3n) is 3.16. The van der Waals surface area contributed by atoms with Gasteiger partial charge in [0.15, 0.2) is 0 Å². The third kappa shape index (κ3) is 3.11. The Kier molecular flexibility index (Phi) is 4.29. The van der Waals surface area contributed by atoms with Gasteiger partial charge in [-0.3, -0.25) is 4.79 Å². The molecule has 106 valence electrons. The van der Waals surface area contributed by atoms with E-state index in [1.807, 2.05) is 12.1 Å². The number of thiophene rings is 1. The average Bonchev–Trinajstić information content (AvgIpc) is 2.90. The molecule has 2 rings (SSSR count). The topological polar surface area (TPSA) is 81.1 Å². The Morgan fingerprint density at radius 3 is 2.60 bits per heavy atom. The van der Waals surface area contributed by atoms with E-state index in [2.05, 4.69) is 30.6 Å². The van der Waals surface area contributed by atoms with E-state index in [-0.39, 0.29) is 6.04 Å². The largest absolute Gasteiger partial charge is 0.398 e. The number of carbonyl (C=O) groups is 1. The van der Waals surface area contributed by atoms with Gasteiger partial charge in [-0.2, -0.15) is 0 Å². The summed E-state index contributed by atoms with van der Waals surface area (Å²) in [6.07, 6.45) is 0. The first-order chi connectivity index (χ1) is 9.49. The second kappa shape index (κ2) is 5.96. The van der Waals surface area contributed by atoms with E-state index in [0.717, 1.165) is 5.69 Å². The van der Waals surface area contributed by atoms with Crippen LogP contribution in [-0.4, -0.2) is 5.91 Å². The van der Waals surface area contributed by atoms with E-state index < -0.39 is 5.91 Å². The van der Waals surface area contributed by atoms with Crippen LogP contribution in [0.15, 0.2) is 35.7 Å². The molecule has 1 unspecified atom stereocenters. The highest BCUT2D eigenvalue weighted by atomic mass is 32.1. The molecule has 5 N–H and O–H groups in total. The second-order valence-corrected chi connectivity index (χ2v) is 6.03. The molecular weight excluding hydrogens is 270 g/mol. The van der Waals surface area contributed by atoms with Gasteiger partial charge in [0.2, 0.25) is 0 Å². The van der Waals surface area contributed by atoms with Crippen molar-refractivity contribution in [2.45, 2.75) is 19.9 Å². The van der Waals surface area contributed by atoms with Gasteiger partial charge in [-0.1, -0.05) is 19.9 Å². The lowest BCUT2D eigenvalue weighted by Gasteiger charge is -2.23. The number of nitrogens with two attached hydrogens (primary N) is 2. The molecule has 5 heteroatoms. The summed E-state index contributed by atoms with van der Waals surface area (Å²) in [6, 6.07) is 9.61. The standard InChI is InChI=1S/C15H19N3OS/c1-9(2)14(13-4-3-7-20-13)18-10-5-6-12(16)11(8-10)15(17)19/h3-9,14,18H,16H2,1-2H3,(H2,17,19). The van der Waals surface area contributed by atoms with Gasteiger partial charge in [-0.25, -0.2) is 0 Å². The van der Waals surface area contributed by atoms with Crippen molar-refractivity contribution in [2.24, 2.45) is 11.7 Å². The van der Waals surface area contributed by atoms with Gasteiger partial charge < -0.3 is 16.8 Å². The zero-order valence-electron chi connectivity index (χ0n) is 11.6. The molecule has 0 aliphatic rings. The second-order valence-electron chi connectivity index (χ2n) is 5.05. The Morgan fingerprint density at radius 1 is 1.30 bits per heavy atom. The van der Waals surface area contributed by atoms with Gasteiger partial charge in [-0.05, 0) is 35.6 Å². The highest BCUT2D eigenvalue weighted by Gasteiger charge is 2.17. The molecule has 0 spiro atoms. The maximum atomic E-state index is 11.3. The molecule has 0 saturated carbocycles. The van der Waals surface area contributed by atoms with Crippen molar-refractivity contribution in [3.05, 3.63) is 46.2 Å². The summed E-state index contributed by atoms with van der Waals surface area (Å²) in [5.74, 6) is -0.0911. The minimum absolute atomic E-state index is 0.194. The molecule has 1 aromatic carbocycles. The molecular formula is C15H19N3OS. The van der Waals surface area contributed by atoms with Crippen molar-refractivity contribution in [1.29, 1.82) is 0 Å². The van der Waals surface area contributed by atoms with E-state index >= 15 is 0 Å². The summed E-state index contributed by atoms with van der Waals surface area (Å²) in [5, 5.41) is 5.51. The number of nitrogen functional groups attached to an aromatic ring is 1. The maximum Gasteiger partial charge on any atom is 0.250 e. The Bertz CT molecular complexity index is 593. The Labute approximate surface area is 122 Å². The lowest BCUT2D eigenvalue weighted by Crippen LogP contribution is -2.17. The predicted molar refractivity (Wildman–Crippen MR) is 84.9 cm³/mol. The zero-order chi connectivity index (χ0) is 14.7. The SMILES string of the molecule is CC(C)C(Nc1ccc(N)c(C(N)=O)c1)c1cccs1. The number of primary amides is 1. The molecule has 1 atom stereocenters. The number of hydrogen-bond acceptors (Lipinski definition) is 4. The van der Waals surface area contributed by atoms with Gasteiger partial charge in [-0.15, -0.1) is 11.3 Å². The smallest absolute Gasteiger partial charge is 0.250 e. The van der Waals surface area contributed by atoms with Crippen LogP contribution in [0.3, 0.4) is 0 Å². The average molecular weight is 289 g/mol. The molecule has 4 nitrogen and oxygen atoms in total. The zero-order valence-corrected chi connectivity index (χ0v) is 12.4. The fraction of sp³-hybridized carbons (Fsp3) is 0.267. The Hall–Kier alpha value is -2.01. The van der Waals surface area contributed by atoms with Gasteiger partial charge in [0.25, 0.3) is 5.91 Å². The molecule has 1 amide bonds. The lowest BCUT2D eigenvalue weighted by atomic mass is 10.0. The summed E-state index contributed by atoms with van der Waals surface area (Å²) in [6.45, 7) is 4.31. The predicted octanol–water partition coefficient (Wildman–Crippen LogP) is 3.24. The van der Waals surface area contributed by atoms with Crippen LogP contribution < -0.4 is 16.8 Å². The molecule has 0 aliphatic heterocycles. The fourth-order valence-electron chi connectivity index (χ4n) is 2.07. The fourth-order valence-corrected chi connectivity index (χ4v) is 3.02. The normalized spacial score (nSPS) is 12.3. The quantitative estimate of drug-likeness (QED) is 0.739. The number of anilines is 2. The van der Waals surface area contributed by atoms with E-state index in [4.69, 9.17) is 11.5 Å². The van der Waals surface area contributed by atoms with Crippen molar-refractivity contribution in [3.63, 3.8) is 0 Å². The molecule has 1 heterocycles. The summed E-state index contributed by atoms with van der Waals surface area (Å²) in [4.78, 5) is 12.6. The first kappa shape index (κ1) is 14.4. The number of nitrogens with one attached hydrogen (secondary N) is 1. The summed E-state index contributed by atoms with van der Waals surface area (Å²) < 4.78 is 0. The summed E-state index contributed by atoms with van der Waals surface area (Å²) in [5.41, 5.74) is 12.7. The molecule has 0 radical (unpaired) electrons. The van der Waals surface area contributed by atoms with Crippen molar-refractivity contribution >= 4 is 28.6 Å². The monoisotopic (exact) mass is 289 g/mol. The molecule has 1 aromatic heterocycles. The molecule has 2 aromatic rings. The van der Waals surface area contributed by atoms with Crippen LogP contribution >= 0.6 is 11.3 Å². The summed E-state index contributed by atoms with van der Waals surface area (Å²) >= 11 is 1.71. The highest BCUT2D eigenvalue weighted by Crippen LogP contribution is 2.30. The first-order valence-corrected chi connectivity index (χ1v) is 7.36. The Balaban J connectivity index is 2.28. The van der Waals surface area contributed by atoms with Crippen LogP contribution in [0.4, 0.5) is 11.4 Å². The minimum atomic E-state index is -0.511. The van der Waals surface area contributed by atoms with Gasteiger partial charge >= 0.3 is 0 Å². The van der Waals surface area contributed by atoms with Crippen LogP contribution in [0.1, 0.15) is 35.1 Å². The van der Waals surface area contributed by atoms with E-state index in [1.165, 1.54) is 4.88 Å². The van der Waals surface area contributed by atoms with Gasteiger partial charge in [0, 0.05) is 16.3 Å². The van der Waals surface area contributed by atoms with Crippen molar-refractivity contribution in [1.82, 2.24) is 0 Å². The van der Waals surface area contributed by atoms with Gasteiger partial charge in [0.1, 0.15) is 0 Å². The molecule has 0 bridgehead atoms. The van der Waals surface area contributed by atoms with Crippen LogP contribution in [0, 0.1) is 5.92 Å². The molecule has 20 heavy (non-hydrogen) atoms. The van der Waals surface area contributed by atoms with Crippen molar-refractivity contribution in [3.8, 4) is 0 Å². The number of hydrogen-bond donors (Lipinski definition) is 3. The number of benzene rings is 1. The van der Waals surface area contributed by atoms with Crippen LogP contribution in [0.25, 0.3) is 0 Å². The number of amides is 1. The Morgan fingerprint density at radius 2 is 2.05 bits per heavy atom. The number of rotatable bonds is 5. The van der Waals surface area contributed by atoms with Crippen LogP contribution in [0.5, 0.6) is 0 Å². The first-order valence-electron chi connectivity index (χ1n) is 6.48. The van der Waals surface area contributed by atoms with Crippen molar-refractivity contribution in [2.75, 3.05) is 11.1 Å². The molecule has 0 saturated heterocycles. The van der Waals surface area contributed by atoms with E-state index in [9.17, 15) is 4.79 Å². The third-order valence-corrected chi connectivity index (χ3v) is 4.11. The lowest BCUT2D eigenvalue weighted by molar-refractivity contribution is 0.100. The minimum Gasteiger partial charge on any atom is -0.398 e. The summed E-state index contributed by atoms with van der Waals surface area (Å²) in [7, 11) is 0.